The maximum absolute atomic E-state index is 11.3. The number of piperidine rings is 1. The highest BCUT2D eigenvalue weighted by atomic mass is 16.1. The summed E-state index contributed by atoms with van der Waals surface area (Å²) < 4.78 is 0. The molecule has 0 bridgehead atoms. The average Bonchev–Trinajstić information content (AvgIpc) is 2.09. The van der Waals surface area contributed by atoms with Gasteiger partial charge in [-0.2, -0.15) is 0 Å². The lowest BCUT2D eigenvalue weighted by Gasteiger charge is -2.30. The summed E-state index contributed by atoms with van der Waals surface area (Å²) in [5.74, 6) is 0.671. The van der Waals surface area contributed by atoms with E-state index >= 15 is 0 Å². The van der Waals surface area contributed by atoms with Crippen molar-refractivity contribution < 1.29 is 4.79 Å². The summed E-state index contributed by atoms with van der Waals surface area (Å²) in [6.45, 7) is 4.56. The highest BCUT2D eigenvalue weighted by Crippen LogP contribution is 2.10. The number of hydrogen-bond acceptors (Lipinski definition) is 3. The van der Waals surface area contributed by atoms with Crippen LogP contribution in [0.4, 0.5) is 0 Å². The summed E-state index contributed by atoms with van der Waals surface area (Å²) in [6, 6.07) is 0.301. The Morgan fingerprint density at radius 1 is 1.62 bits per heavy atom. The second kappa shape index (κ2) is 5.19. The molecule has 0 saturated carbocycles. The van der Waals surface area contributed by atoms with Gasteiger partial charge in [-0.25, -0.2) is 0 Å². The monoisotopic (exact) mass is 185 g/mol. The molecule has 1 amide bonds. The Labute approximate surface area is 79.5 Å². The first-order valence-corrected chi connectivity index (χ1v) is 4.88. The lowest BCUT2D eigenvalue weighted by molar-refractivity contribution is -0.121. The number of carbonyl (C=O) groups is 1. The highest BCUT2D eigenvalue weighted by molar-refractivity contribution is 5.78. The van der Waals surface area contributed by atoms with Gasteiger partial charge in [-0.1, -0.05) is 6.92 Å². The Morgan fingerprint density at radius 3 is 3.00 bits per heavy atom. The molecule has 4 nitrogen and oxygen atoms in total. The fraction of sp³-hybridized carbons (Fsp3) is 0.889. The van der Waals surface area contributed by atoms with E-state index in [0.717, 1.165) is 19.5 Å². The van der Waals surface area contributed by atoms with Crippen molar-refractivity contribution in [1.82, 2.24) is 16.0 Å². The second-order valence-corrected chi connectivity index (χ2v) is 3.67. The molecule has 13 heavy (non-hydrogen) atoms. The fourth-order valence-electron chi connectivity index (χ4n) is 1.60. The van der Waals surface area contributed by atoms with Gasteiger partial charge in [0.1, 0.15) is 0 Å². The summed E-state index contributed by atoms with van der Waals surface area (Å²) in [6.07, 6.45) is 1.14. The van der Waals surface area contributed by atoms with E-state index in [1.54, 1.807) is 7.05 Å². The zero-order valence-electron chi connectivity index (χ0n) is 8.39. The van der Waals surface area contributed by atoms with Crippen LogP contribution in [-0.2, 0) is 4.79 Å². The van der Waals surface area contributed by atoms with Crippen molar-refractivity contribution in [3.8, 4) is 0 Å². The third-order valence-electron chi connectivity index (χ3n) is 2.51. The minimum Gasteiger partial charge on any atom is -0.351 e. The van der Waals surface area contributed by atoms with Crippen molar-refractivity contribution in [3.05, 3.63) is 0 Å². The SMILES string of the molecule is CNCC(=O)NC1CNCCC1C. The van der Waals surface area contributed by atoms with Crippen LogP contribution in [0.2, 0.25) is 0 Å². The van der Waals surface area contributed by atoms with Gasteiger partial charge in [0.05, 0.1) is 6.54 Å². The normalized spacial score (nSPS) is 28.5. The molecule has 1 aliphatic heterocycles. The van der Waals surface area contributed by atoms with Gasteiger partial charge in [-0.3, -0.25) is 4.79 Å². The number of nitrogens with one attached hydrogen (secondary N) is 3. The summed E-state index contributed by atoms with van der Waals surface area (Å²) in [7, 11) is 1.78. The molecule has 0 aliphatic carbocycles. The number of likely N-dealkylation sites (N-methyl/N-ethyl adjacent to an activating group) is 1. The molecule has 0 aromatic heterocycles. The first kappa shape index (κ1) is 10.5. The molecule has 1 aliphatic rings. The van der Waals surface area contributed by atoms with E-state index in [9.17, 15) is 4.79 Å². The van der Waals surface area contributed by atoms with Crippen LogP contribution in [0.3, 0.4) is 0 Å². The van der Waals surface area contributed by atoms with Gasteiger partial charge < -0.3 is 16.0 Å². The summed E-state index contributed by atoms with van der Waals surface area (Å²) >= 11 is 0. The largest absolute Gasteiger partial charge is 0.351 e. The van der Waals surface area contributed by atoms with Gasteiger partial charge in [-0.05, 0) is 25.9 Å². The minimum absolute atomic E-state index is 0.0862. The fourth-order valence-corrected chi connectivity index (χ4v) is 1.60. The van der Waals surface area contributed by atoms with Crippen molar-refractivity contribution in [2.75, 3.05) is 26.7 Å². The maximum Gasteiger partial charge on any atom is 0.234 e. The molecule has 0 aromatic carbocycles. The van der Waals surface area contributed by atoms with Crippen LogP contribution in [0.15, 0.2) is 0 Å². The molecule has 2 unspecified atom stereocenters. The molecule has 1 heterocycles. The Hall–Kier alpha value is -0.610. The molecular weight excluding hydrogens is 166 g/mol. The van der Waals surface area contributed by atoms with E-state index in [4.69, 9.17) is 0 Å². The van der Waals surface area contributed by atoms with Crippen molar-refractivity contribution >= 4 is 5.91 Å². The number of carbonyl (C=O) groups excluding carboxylic acids is 1. The topological polar surface area (TPSA) is 53.2 Å². The molecule has 0 spiro atoms. The Morgan fingerprint density at radius 2 is 2.38 bits per heavy atom. The van der Waals surface area contributed by atoms with Crippen molar-refractivity contribution in [2.45, 2.75) is 19.4 Å². The van der Waals surface area contributed by atoms with Crippen LogP contribution >= 0.6 is 0 Å². The van der Waals surface area contributed by atoms with E-state index < -0.39 is 0 Å². The van der Waals surface area contributed by atoms with Crippen molar-refractivity contribution in [1.29, 1.82) is 0 Å². The molecule has 4 heteroatoms. The van der Waals surface area contributed by atoms with Crippen molar-refractivity contribution in [2.24, 2.45) is 5.92 Å². The van der Waals surface area contributed by atoms with Gasteiger partial charge in [0.25, 0.3) is 0 Å². The number of rotatable bonds is 3. The van der Waals surface area contributed by atoms with E-state index in [-0.39, 0.29) is 5.91 Å². The third-order valence-corrected chi connectivity index (χ3v) is 2.51. The first-order chi connectivity index (χ1) is 6.24. The Bertz CT molecular complexity index is 172. The molecule has 1 rings (SSSR count). The van der Waals surface area contributed by atoms with Crippen LogP contribution in [0, 0.1) is 5.92 Å². The highest BCUT2D eigenvalue weighted by Gasteiger charge is 2.21. The molecule has 3 N–H and O–H groups in total. The molecular formula is C9H19N3O. The first-order valence-electron chi connectivity index (χ1n) is 4.88. The third kappa shape index (κ3) is 3.32. The van der Waals surface area contributed by atoms with E-state index in [0.29, 0.717) is 18.5 Å². The summed E-state index contributed by atoms with van der Waals surface area (Å²) in [4.78, 5) is 11.3. The molecule has 1 saturated heterocycles. The lowest BCUT2D eigenvalue weighted by Crippen LogP contribution is -2.51. The lowest BCUT2D eigenvalue weighted by atomic mass is 9.95. The molecule has 1 fully saturated rings. The van der Waals surface area contributed by atoms with Crippen LogP contribution in [0.5, 0.6) is 0 Å². The quantitative estimate of drug-likeness (QED) is 0.546. The second-order valence-electron chi connectivity index (χ2n) is 3.67. The van der Waals surface area contributed by atoms with Crippen LogP contribution < -0.4 is 16.0 Å². The molecule has 0 aromatic rings. The predicted molar refractivity (Wildman–Crippen MR) is 52.5 cm³/mol. The van der Waals surface area contributed by atoms with E-state index in [1.807, 2.05) is 0 Å². The van der Waals surface area contributed by atoms with Gasteiger partial charge in [0.2, 0.25) is 5.91 Å². The van der Waals surface area contributed by atoms with Crippen molar-refractivity contribution in [3.63, 3.8) is 0 Å². The zero-order chi connectivity index (χ0) is 9.68. The van der Waals surface area contributed by atoms with Crippen LogP contribution in [-0.4, -0.2) is 38.6 Å². The van der Waals surface area contributed by atoms with Gasteiger partial charge in [-0.15, -0.1) is 0 Å². The summed E-state index contributed by atoms with van der Waals surface area (Å²) in [5.41, 5.74) is 0. The van der Waals surface area contributed by atoms with E-state index in [2.05, 4.69) is 22.9 Å². The molecule has 76 valence electrons. The average molecular weight is 185 g/mol. The van der Waals surface area contributed by atoms with E-state index in [1.165, 1.54) is 0 Å². The molecule has 0 radical (unpaired) electrons. The summed E-state index contributed by atoms with van der Waals surface area (Å²) in [5, 5.41) is 9.12. The van der Waals surface area contributed by atoms with Crippen LogP contribution in [0.25, 0.3) is 0 Å². The van der Waals surface area contributed by atoms with Crippen LogP contribution in [0.1, 0.15) is 13.3 Å². The molecule has 2 atom stereocenters. The number of amides is 1. The Kier molecular flexibility index (Phi) is 4.18. The zero-order valence-corrected chi connectivity index (χ0v) is 8.39. The predicted octanol–water partition coefficient (Wildman–Crippen LogP) is -0.680. The number of hydrogen-bond donors (Lipinski definition) is 3. The standard InChI is InChI=1S/C9H19N3O/c1-7-3-4-11-5-8(7)12-9(13)6-10-2/h7-8,10-11H,3-6H2,1-2H3,(H,12,13). The smallest absolute Gasteiger partial charge is 0.234 e. The Balaban J connectivity index is 2.29. The minimum atomic E-state index is 0.0862. The maximum atomic E-state index is 11.3. The van der Waals surface area contributed by atoms with Gasteiger partial charge in [0, 0.05) is 12.6 Å². The van der Waals surface area contributed by atoms with Gasteiger partial charge >= 0.3 is 0 Å². The van der Waals surface area contributed by atoms with Gasteiger partial charge in [0.15, 0.2) is 0 Å².